The van der Waals surface area contributed by atoms with E-state index in [-0.39, 0.29) is 17.9 Å². The number of hydrogen-bond acceptors (Lipinski definition) is 5. The summed E-state index contributed by atoms with van der Waals surface area (Å²) in [7, 11) is 1.92. The molecule has 0 spiro atoms. The SMILES string of the molecule is CCCN(C)c1cnn(CC(=O)c2ccc(C)s2)c(=O)c1. The molecule has 2 aromatic rings. The van der Waals surface area contributed by atoms with Crippen LogP contribution in [-0.2, 0) is 6.54 Å². The molecule has 0 amide bonds. The van der Waals surface area contributed by atoms with Crippen molar-refractivity contribution < 1.29 is 4.79 Å². The van der Waals surface area contributed by atoms with Crippen molar-refractivity contribution >= 4 is 22.8 Å². The lowest BCUT2D eigenvalue weighted by Gasteiger charge is -2.17. The van der Waals surface area contributed by atoms with Crippen molar-refractivity contribution in [1.82, 2.24) is 9.78 Å². The normalized spacial score (nSPS) is 10.6. The lowest BCUT2D eigenvalue weighted by Crippen LogP contribution is -2.28. The first kappa shape index (κ1) is 15.4. The zero-order valence-corrected chi connectivity index (χ0v) is 13.3. The second kappa shape index (κ2) is 6.67. The Hall–Kier alpha value is -1.95. The Kier molecular flexibility index (Phi) is 4.90. The fourth-order valence-corrected chi connectivity index (χ4v) is 2.81. The topological polar surface area (TPSA) is 55.2 Å². The Morgan fingerprint density at radius 1 is 1.43 bits per heavy atom. The van der Waals surface area contributed by atoms with Gasteiger partial charge in [0.15, 0.2) is 5.78 Å². The van der Waals surface area contributed by atoms with Crippen LogP contribution in [0.1, 0.15) is 27.9 Å². The quantitative estimate of drug-likeness (QED) is 0.769. The predicted molar refractivity (Wildman–Crippen MR) is 85.4 cm³/mol. The highest BCUT2D eigenvalue weighted by Crippen LogP contribution is 2.16. The van der Waals surface area contributed by atoms with Crippen LogP contribution < -0.4 is 10.5 Å². The Balaban J connectivity index is 2.14. The zero-order chi connectivity index (χ0) is 15.4. The lowest BCUT2D eigenvalue weighted by molar-refractivity contribution is 0.0969. The molecule has 0 aromatic carbocycles. The summed E-state index contributed by atoms with van der Waals surface area (Å²) in [6, 6.07) is 5.21. The molecule has 0 radical (unpaired) electrons. The minimum absolute atomic E-state index is 0.0173. The molecule has 0 bridgehead atoms. The van der Waals surface area contributed by atoms with E-state index in [1.165, 1.54) is 22.1 Å². The van der Waals surface area contributed by atoms with Crippen molar-refractivity contribution in [3.05, 3.63) is 44.5 Å². The predicted octanol–water partition coefficient (Wildman–Crippen LogP) is 2.34. The number of hydrogen-bond donors (Lipinski definition) is 0. The highest BCUT2D eigenvalue weighted by atomic mass is 32.1. The van der Waals surface area contributed by atoms with Gasteiger partial charge in [0, 0.05) is 24.5 Å². The molecule has 21 heavy (non-hydrogen) atoms. The van der Waals surface area contributed by atoms with Crippen LogP contribution in [0.15, 0.2) is 29.2 Å². The van der Waals surface area contributed by atoms with Crippen molar-refractivity contribution in [3.8, 4) is 0 Å². The van der Waals surface area contributed by atoms with Gasteiger partial charge in [0.1, 0.15) is 6.54 Å². The molecule has 2 rings (SSSR count). The number of ketones is 1. The summed E-state index contributed by atoms with van der Waals surface area (Å²) in [5.74, 6) is -0.0858. The van der Waals surface area contributed by atoms with Gasteiger partial charge in [0.2, 0.25) is 0 Å². The molecular weight excluding hydrogens is 286 g/mol. The van der Waals surface area contributed by atoms with E-state index in [0.29, 0.717) is 4.88 Å². The van der Waals surface area contributed by atoms with E-state index in [0.717, 1.165) is 23.5 Å². The van der Waals surface area contributed by atoms with Crippen LogP contribution >= 0.6 is 11.3 Å². The largest absolute Gasteiger partial charge is 0.373 e. The van der Waals surface area contributed by atoms with Crippen LogP contribution in [0.2, 0.25) is 0 Å². The third-order valence-electron chi connectivity index (χ3n) is 3.16. The summed E-state index contributed by atoms with van der Waals surface area (Å²) in [6.45, 7) is 4.87. The molecule has 6 heteroatoms. The third kappa shape index (κ3) is 3.78. The summed E-state index contributed by atoms with van der Waals surface area (Å²) in [4.78, 5) is 27.9. The number of rotatable bonds is 6. The van der Waals surface area contributed by atoms with Gasteiger partial charge >= 0.3 is 0 Å². The maximum absolute atomic E-state index is 12.1. The van der Waals surface area contributed by atoms with E-state index in [1.54, 1.807) is 12.3 Å². The maximum Gasteiger partial charge on any atom is 0.269 e. The minimum atomic E-state index is -0.253. The Labute approximate surface area is 127 Å². The number of thiophene rings is 1. The molecule has 0 saturated carbocycles. The van der Waals surface area contributed by atoms with Gasteiger partial charge in [-0.3, -0.25) is 9.59 Å². The standard InChI is InChI=1S/C15H19N3O2S/c1-4-7-17(3)12-8-15(20)18(16-9-12)10-13(19)14-6-5-11(2)21-14/h5-6,8-9H,4,7,10H2,1-3H3. The van der Waals surface area contributed by atoms with Gasteiger partial charge < -0.3 is 4.90 Å². The van der Waals surface area contributed by atoms with Crippen LogP contribution in [0.25, 0.3) is 0 Å². The summed E-state index contributed by atoms with van der Waals surface area (Å²) in [5.41, 5.74) is 0.523. The second-order valence-electron chi connectivity index (χ2n) is 4.96. The number of carbonyl (C=O) groups is 1. The van der Waals surface area contributed by atoms with Crippen LogP contribution in [0.5, 0.6) is 0 Å². The maximum atomic E-state index is 12.1. The van der Waals surface area contributed by atoms with Crippen LogP contribution in [-0.4, -0.2) is 29.2 Å². The van der Waals surface area contributed by atoms with Crippen molar-refractivity contribution in [1.29, 1.82) is 0 Å². The minimum Gasteiger partial charge on any atom is -0.373 e. The molecule has 0 aliphatic rings. The summed E-state index contributed by atoms with van der Waals surface area (Å²) in [6.07, 6.45) is 2.62. The molecule has 5 nitrogen and oxygen atoms in total. The zero-order valence-electron chi connectivity index (χ0n) is 12.5. The van der Waals surface area contributed by atoms with E-state index in [2.05, 4.69) is 12.0 Å². The summed E-state index contributed by atoms with van der Waals surface area (Å²) >= 11 is 1.43. The van der Waals surface area contributed by atoms with Gasteiger partial charge in [-0.15, -0.1) is 11.3 Å². The Bertz CT molecular complexity index is 690. The molecule has 0 aliphatic carbocycles. The number of aromatic nitrogens is 2. The van der Waals surface area contributed by atoms with Crippen LogP contribution in [0, 0.1) is 6.92 Å². The second-order valence-corrected chi connectivity index (χ2v) is 6.25. The first-order chi connectivity index (χ1) is 10.0. The first-order valence-corrected chi connectivity index (χ1v) is 7.71. The molecule has 0 saturated heterocycles. The fraction of sp³-hybridized carbons (Fsp3) is 0.400. The van der Waals surface area contributed by atoms with E-state index >= 15 is 0 Å². The molecule has 0 atom stereocenters. The molecule has 2 aromatic heterocycles. The number of anilines is 1. The van der Waals surface area contributed by atoms with Gasteiger partial charge in [-0.1, -0.05) is 6.92 Å². The van der Waals surface area contributed by atoms with Gasteiger partial charge in [0.25, 0.3) is 5.56 Å². The van der Waals surface area contributed by atoms with E-state index in [9.17, 15) is 9.59 Å². The van der Waals surface area contributed by atoms with Gasteiger partial charge in [-0.05, 0) is 25.5 Å². The Morgan fingerprint density at radius 2 is 2.19 bits per heavy atom. The number of aryl methyl sites for hydroxylation is 1. The van der Waals surface area contributed by atoms with Crippen molar-refractivity contribution in [3.63, 3.8) is 0 Å². The number of carbonyl (C=O) groups excluding carboxylic acids is 1. The molecular formula is C15H19N3O2S. The van der Waals surface area contributed by atoms with Crippen molar-refractivity contribution in [2.75, 3.05) is 18.5 Å². The average Bonchev–Trinajstić information content (AvgIpc) is 2.88. The average molecular weight is 305 g/mol. The van der Waals surface area contributed by atoms with E-state index in [1.807, 2.05) is 24.9 Å². The summed E-state index contributed by atoms with van der Waals surface area (Å²) in [5, 5.41) is 4.10. The van der Waals surface area contributed by atoms with Crippen LogP contribution in [0.4, 0.5) is 5.69 Å². The molecule has 112 valence electrons. The fourth-order valence-electron chi connectivity index (χ4n) is 2.01. The molecule has 0 unspecified atom stereocenters. The van der Waals surface area contributed by atoms with Gasteiger partial charge in [0.05, 0.1) is 16.8 Å². The van der Waals surface area contributed by atoms with Crippen LogP contribution in [0.3, 0.4) is 0 Å². The van der Waals surface area contributed by atoms with Crippen molar-refractivity contribution in [2.45, 2.75) is 26.8 Å². The lowest BCUT2D eigenvalue weighted by atomic mass is 10.3. The molecule has 0 N–H and O–H groups in total. The van der Waals surface area contributed by atoms with E-state index in [4.69, 9.17) is 0 Å². The Morgan fingerprint density at radius 3 is 2.76 bits per heavy atom. The van der Waals surface area contributed by atoms with Gasteiger partial charge in [-0.2, -0.15) is 5.10 Å². The molecule has 0 aliphatic heterocycles. The smallest absolute Gasteiger partial charge is 0.269 e. The third-order valence-corrected chi connectivity index (χ3v) is 4.21. The highest BCUT2D eigenvalue weighted by molar-refractivity contribution is 7.14. The van der Waals surface area contributed by atoms with Crippen molar-refractivity contribution in [2.24, 2.45) is 0 Å². The highest BCUT2D eigenvalue weighted by Gasteiger charge is 2.11. The summed E-state index contributed by atoms with van der Waals surface area (Å²) < 4.78 is 1.21. The molecule has 2 heterocycles. The number of nitrogens with zero attached hydrogens (tertiary/aromatic N) is 3. The molecule has 0 fully saturated rings. The first-order valence-electron chi connectivity index (χ1n) is 6.89. The van der Waals surface area contributed by atoms with Gasteiger partial charge in [-0.25, -0.2) is 4.68 Å². The monoisotopic (exact) mass is 305 g/mol. The van der Waals surface area contributed by atoms with E-state index < -0.39 is 0 Å². The number of Topliss-reactive ketones (excluding diaryl/α,β-unsaturated/α-hetero) is 1.